The van der Waals surface area contributed by atoms with E-state index in [-0.39, 0.29) is 12.5 Å². The molecule has 0 aliphatic heterocycles. The van der Waals surface area contributed by atoms with Crippen molar-refractivity contribution in [2.75, 3.05) is 0 Å². The van der Waals surface area contributed by atoms with Crippen molar-refractivity contribution in [1.82, 2.24) is 0 Å². The minimum Gasteiger partial charge on any atom is -0.287 e. The molecule has 1 rings (SSSR count). The molecule has 0 saturated carbocycles. The van der Waals surface area contributed by atoms with Gasteiger partial charge in [-0.15, -0.1) is 0 Å². The number of benzene rings is 1. The third-order valence-electron chi connectivity index (χ3n) is 4.28. The molecule has 0 bridgehead atoms. The first-order valence-electron chi connectivity index (χ1n) is 9.71. The summed E-state index contributed by atoms with van der Waals surface area (Å²) in [5.41, 5.74) is -3.09. The number of unbranched alkanes of at least 4 members (excludes halogenated alkanes) is 8. The zero-order valence-corrected chi connectivity index (χ0v) is 16.3. The number of rotatable bonds is 12. The van der Waals surface area contributed by atoms with E-state index in [9.17, 15) is 31.1 Å². The van der Waals surface area contributed by atoms with Gasteiger partial charge in [0.25, 0.3) is 0 Å². The molecule has 29 heavy (non-hydrogen) atoms. The van der Waals surface area contributed by atoms with Gasteiger partial charge in [0.05, 0.1) is 17.5 Å². The number of hydrogen-bond acceptors (Lipinski definition) is 3. The SMILES string of the molecule is CCCCCCCCCCCC(=O)OOc1cc(C(F)(F)F)cc(C(F)(F)F)c1. The summed E-state index contributed by atoms with van der Waals surface area (Å²) in [5, 5.41) is 0. The summed E-state index contributed by atoms with van der Waals surface area (Å²) < 4.78 is 76.6. The van der Waals surface area contributed by atoms with E-state index in [0.29, 0.717) is 18.6 Å². The topological polar surface area (TPSA) is 35.5 Å². The standard InChI is InChI=1S/C20H26F6O3/c1-2-3-4-5-6-7-8-9-10-11-18(27)29-28-17-13-15(19(21,22)23)12-16(14-17)20(24,25)26/h12-14H,2-11H2,1H3. The van der Waals surface area contributed by atoms with E-state index in [0.717, 1.165) is 25.7 Å². The Morgan fingerprint density at radius 2 is 1.21 bits per heavy atom. The number of hydrogen-bond donors (Lipinski definition) is 0. The molecule has 0 radical (unpaired) electrons. The highest BCUT2D eigenvalue weighted by Crippen LogP contribution is 2.38. The Balaban J connectivity index is 2.41. The first kappa shape index (κ1) is 25.1. The van der Waals surface area contributed by atoms with Gasteiger partial charge < -0.3 is 0 Å². The predicted octanol–water partition coefficient (Wildman–Crippen LogP) is 7.48. The lowest BCUT2D eigenvalue weighted by Gasteiger charge is -2.13. The van der Waals surface area contributed by atoms with Crippen LogP contribution in [0, 0.1) is 0 Å². The molecule has 166 valence electrons. The van der Waals surface area contributed by atoms with Gasteiger partial charge in [-0.2, -0.15) is 26.3 Å². The van der Waals surface area contributed by atoms with Crippen LogP contribution in [0.2, 0.25) is 0 Å². The minimum atomic E-state index is -5.00. The molecule has 1 aromatic carbocycles. The number of halogens is 6. The van der Waals surface area contributed by atoms with Crippen LogP contribution in [0.4, 0.5) is 26.3 Å². The monoisotopic (exact) mass is 428 g/mol. The Hall–Kier alpha value is -1.93. The van der Waals surface area contributed by atoms with Gasteiger partial charge in [-0.3, -0.25) is 9.78 Å². The van der Waals surface area contributed by atoms with E-state index < -0.39 is 35.2 Å². The lowest BCUT2D eigenvalue weighted by molar-refractivity contribution is -0.214. The van der Waals surface area contributed by atoms with E-state index in [1.54, 1.807) is 0 Å². The Morgan fingerprint density at radius 1 is 0.759 bits per heavy atom. The Labute approximate surface area is 166 Å². The van der Waals surface area contributed by atoms with Gasteiger partial charge in [0.2, 0.25) is 0 Å². The van der Waals surface area contributed by atoms with Crippen LogP contribution in [0.25, 0.3) is 0 Å². The van der Waals surface area contributed by atoms with Crippen LogP contribution in [-0.2, 0) is 22.0 Å². The van der Waals surface area contributed by atoms with Gasteiger partial charge >= 0.3 is 18.3 Å². The van der Waals surface area contributed by atoms with Crippen molar-refractivity contribution >= 4 is 5.97 Å². The second-order valence-electron chi connectivity index (χ2n) is 6.86. The molecule has 0 saturated heterocycles. The fourth-order valence-corrected chi connectivity index (χ4v) is 2.69. The fourth-order valence-electron chi connectivity index (χ4n) is 2.69. The van der Waals surface area contributed by atoms with Crippen molar-refractivity contribution in [3.05, 3.63) is 29.3 Å². The maximum absolute atomic E-state index is 12.8. The van der Waals surface area contributed by atoms with Crippen LogP contribution in [-0.4, -0.2) is 5.97 Å². The molecule has 0 spiro atoms. The van der Waals surface area contributed by atoms with Gasteiger partial charge in [0.1, 0.15) is 0 Å². The second kappa shape index (κ2) is 11.9. The van der Waals surface area contributed by atoms with Gasteiger partial charge in [-0.25, -0.2) is 4.79 Å². The summed E-state index contributed by atoms with van der Waals surface area (Å²) >= 11 is 0. The molecule has 1 aromatic rings. The summed E-state index contributed by atoms with van der Waals surface area (Å²) in [4.78, 5) is 20.4. The summed E-state index contributed by atoms with van der Waals surface area (Å²) in [5.74, 6) is -1.69. The molecule has 0 aliphatic rings. The Bertz CT molecular complexity index is 593. The largest absolute Gasteiger partial charge is 0.416 e. The lowest BCUT2D eigenvalue weighted by Crippen LogP contribution is -2.13. The third kappa shape index (κ3) is 10.4. The molecule has 3 nitrogen and oxygen atoms in total. The maximum atomic E-state index is 12.8. The van der Waals surface area contributed by atoms with Crippen molar-refractivity contribution in [1.29, 1.82) is 0 Å². The van der Waals surface area contributed by atoms with Crippen LogP contribution in [0.3, 0.4) is 0 Å². The molecule has 0 amide bonds. The number of carbonyl (C=O) groups is 1. The first-order valence-corrected chi connectivity index (χ1v) is 9.71. The fraction of sp³-hybridized carbons (Fsp3) is 0.650. The Kier molecular flexibility index (Phi) is 10.3. The number of carbonyl (C=O) groups excluding carboxylic acids is 1. The molecule has 0 atom stereocenters. The number of alkyl halides is 6. The molecule has 0 unspecified atom stereocenters. The molecular formula is C20H26F6O3. The average molecular weight is 428 g/mol. The summed E-state index contributed by atoms with van der Waals surface area (Å²) in [6.45, 7) is 2.14. The van der Waals surface area contributed by atoms with E-state index in [2.05, 4.69) is 16.7 Å². The quantitative estimate of drug-likeness (QED) is 0.150. The van der Waals surface area contributed by atoms with Crippen molar-refractivity contribution in [3.63, 3.8) is 0 Å². The molecule has 9 heteroatoms. The van der Waals surface area contributed by atoms with Crippen molar-refractivity contribution in [2.24, 2.45) is 0 Å². The highest BCUT2D eigenvalue weighted by Gasteiger charge is 2.37. The molecule has 0 N–H and O–H groups in total. The summed E-state index contributed by atoms with van der Waals surface area (Å²) in [6.07, 6.45) is -0.803. The zero-order chi connectivity index (χ0) is 21.9. The van der Waals surface area contributed by atoms with Gasteiger partial charge in [-0.1, -0.05) is 58.3 Å². The normalized spacial score (nSPS) is 12.1. The van der Waals surface area contributed by atoms with Crippen LogP contribution < -0.4 is 4.89 Å². The van der Waals surface area contributed by atoms with E-state index in [1.165, 1.54) is 25.7 Å². The highest BCUT2D eigenvalue weighted by molar-refractivity contribution is 5.68. The summed E-state index contributed by atoms with van der Waals surface area (Å²) in [7, 11) is 0. The van der Waals surface area contributed by atoms with E-state index in [1.807, 2.05) is 0 Å². The van der Waals surface area contributed by atoms with Crippen LogP contribution in [0.1, 0.15) is 82.3 Å². The third-order valence-corrected chi connectivity index (χ3v) is 4.28. The van der Waals surface area contributed by atoms with Crippen LogP contribution >= 0.6 is 0 Å². The highest BCUT2D eigenvalue weighted by atomic mass is 19.4. The zero-order valence-electron chi connectivity index (χ0n) is 16.3. The van der Waals surface area contributed by atoms with Gasteiger partial charge in [0, 0.05) is 0 Å². The Morgan fingerprint density at radius 3 is 1.66 bits per heavy atom. The van der Waals surface area contributed by atoms with Crippen molar-refractivity contribution in [2.45, 2.75) is 83.5 Å². The average Bonchev–Trinajstić information content (AvgIpc) is 2.63. The van der Waals surface area contributed by atoms with E-state index >= 15 is 0 Å². The summed E-state index contributed by atoms with van der Waals surface area (Å²) in [6, 6.07) is 0.666. The lowest BCUT2D eigenvalue weighted by atomic mass is 10.1. The molecular weight excluding hydrogens is 402 g/mol. The predicted molar refractivity (Wildman–Crippen MR) is 95.0 cm³/mol. The molecule has 0 heterocycles. The second-order valence-corrected chi connectivity index (χ2v) is 6.86. The van der Waals surface area contributed by atoms with Crippen molar-refractivity contribution in [3.8, 4) is 5.75 Å². The molecule has 0 aromatic heterocycles. The molecule has 0 aliphatic carbocycles. The first-order chi connectivity index (χ1) is 13.5. The van der Waals surface area contributed by atoms with Crippen molar-refractivity contribution < 1.29 is 40.9 Å². The van der Waals surface area contributed by atoms with Crippen LogP contribution in [0.15, 0.2) is 18.2 Å². The maximum Gasteiger partial charge on any atom is 0.416 e. The van der Waals surface area contributed by atoms with E-state index in [4.69, 9.17) is 0 Å². The smallest absolute Gasteiger partial charge is 0.287 e. The minimum absolute atomic E-state index is 0.0269. The molecule has 0 fully saturated rings. The van der Waals surface area contributed by atoms with Gasteiger partial charge in [-0.05, 0) is 24.6 Å². The van der Waals surface area contributed by atoms with Gasteiger partial charge in [0.15, 0.2) is 5.75 Å². The van der Waals surface area contributed by atoms with Crippen LogP contribution in [0.5, 0.6) is 5.75 Å².